The quantitative estimate of drug-likeness (QED) is 0.759. The van der Waals surface area contributed by atoms with Gasteiger partial charge in [0.25, 0.3) is 5.91 Å². The first-order chi connectivity index (χ1) is 9.84. The summed E-state index contributed by atoms with van der Waals surface area (Å²) in [6.07, 6.45) is 0. The van der Waals surface area contributed by atoms with Gasteiger partial charge in [-0.3, -0.25) is 4.79 Å². The number of hydrogen-bond donors (Lipinski definition) is 2. The van der Waals surface area contributed by atoms with Gasteiger partial charge in [0.1, 0.15) is 0 Å². The van der Waals surface area contributed by atoms with Crippen molar-refractivity contribution in [3.8, 4) is 11.4 Å². The van der Waals surface area contributed by atoms with Crippen molar-refractivity contribution in [1.82, 2.24) is 20.6 Å². The molecule has 0 saturated heterocycles. The molecular formula is C14H11N5O. The van der Waals surface area contributed by atoms with Crippen molar-refractivity contribution in [2.24, 2.45) is 0 Å². The molecule has 0 atom stereocenters. The number of aromatic amines is 1. The lowest BCUT2D eigenvalue weighted by Gasteiger charge is -2.08. The Bertz CT molecular complexity index is 709. The fourth-order valence-corrected chi connectivity index (χ4v) is 1.86. The van der Waals surface area contributed by atoms with Gasteiger partial charge in [-0.2, -0.15) is 0 Å². The first-order valence-corrected chi connectivity index (χ1v) is 6.04. The van der Waals surface area contributed by atoms with Gasteiger partial charge in [-0.05, 0) is 34.7 Å². The number of carbonyl (C=O) groups is 1. The van der Waals surface area contributed by atoms with Crippen LogP contribution in [0.25, 0.3) is 11.4 Å². The number of carbonyl (C=O) groups excluding carboxylic acids is 1. The highest BCUT2D eigenvalue weighted by molar-refractivity contribution is 6.05. The van der Waals surface area contributed by atoms with Gasteiger partial charge in [-0.1, -0.05) is 30.3 Å². The third-order valence-corrected chi connectivity index (χ3v) is 2.81. The number of nitrogens with zero attached hydrogens (tertiary/aromatic N) is 3. The molecule has 0 unspecified atom stereocenters. The van der Waals surface area contributed by atoms with Crippen LogP contribution >= 0.6 is 0 Å². The number of amides is 1. The molecule has 0 radical (unpaired) electrons. The summed E-state index contributed by atoms with van der Waals surface area (Å²) in [5.41, 5.74) is 1.99. The maximum Gasteiger partial charge on any atom is 0.255 e. The third-order valence-electron chi connectivity index (χ3n) is 2.81. The Hall–Kier alpha value is -3.02. The molecule has 0 spiro atoms. The second-order valence-electron chi connectivity index (χ2n) is 4.12. The Morgan fingerprint density at radius 1 is 1.00 bits per heavy atom. The minimum Gasteiger partial charge on any atom is -0.321 e. The van der Waals surface area contributed by atoms with Crippen LogP contribution in [0.3, 0.4) is 0 Å². The molecule has 1 aromatic heterocycles. The van der Waals surface area contributed by atoms with Crippen molar-refractivity contribution in [2.75, 3.05) is 5.32 Å². The summed E-state index contributed by atoms with van der Waals surface area (Å²) in [7, 11) is 0. The highest BCUT2D eigenvalue weighted by atomic mass is 16.1. The monoisotopic (exact) mass is 265 g/mol. The Morgan fingerprint density at radius 3 is 2.50 bits per heavy atom. The van der Waals surface area contributed by atoms with E-state index in [1.54, 1.807) is 18.2 Å². The van der Waals surface area contributed by atoms with Crippen molar-refractivity contribution >= 4 is 11.6 Å². The Labute approximate surface area is 114 Å². The number of H-pyrrole nitrogens is 1. The molecule has 20 heavy (non-hydrogen) atoms. The molecule has 1 amide bonds. The van der Waals surface area contributed by atoms with Gasteiger partial charge < -0.3 is 5.32 Å². The minimum atomic E-state index is -0.175. The molecule has 0 bridgehead atoms. The van der Waals surface area contributed by atoms with E-state index in [1.165, 1.54) is 0 Å². The molecule has 98 valence electrons. The summed E-state index contributed by atoms with van der Waals surface area (Å²) < 4.78 is 0. The number of aromatic nitrogens is 4. The van der Waals surface area contributed by atoms with Gasteiger partial charge in [0.2, 0.25) is 0 Å². The van der Waals surface area contributed by atoms with Gasteiger partial charge >= 0.3 is 0 Å². The summed E-state index contributed by atoms with van der Waals surface area (Å²) in [4.78, 5) is 12.2. The number of anilines is 1. The zero-order valence-electron chi connectivity index (χ0n) is 10.4. The maximum absolute atomic E-state index is 12.2. The highest BCUT2D eigenvalue weighted by Crippen LogP contribution is 2.24. The summed E-state index contributed by atoms with van der Waals surface area (Å²) in [5.74, 6) is 0.333. The number of rotatable bonds is 3. The minimum absolute atomic E-state index is 0.175. The molecule has 6 nitrogen and oxygen atoms in total. The van der Waals surface area contributed by atoms with Gasteiger partial charge in [0.15, 0.2) is 5.82 Å². The summed E-state index contributed by atoms with van der Waals surface area (Å²) >= 11 is 0. The van der Waals surface area contributed by atoms with Crippen LogP contribution in [0.15, 0.2) is 54.6 Å². The summed E-state index contributed by atoms with van der Waals surface area (Å²) in [6.45, 7) is 0. The van der Waals surface area contributed by atoms with Crippen molar-refractivity contribution in [1.29, 1.82) is 0 Å². The van der Waals surface area contributed by atoms with E-state index >= 15 is 0 Å². The van der Waals surface area contributed by atoms with Crippen molar-refractivity contribution < 1.29 is 4.79 Å². The third kappa shape index (κ3) is 2.39. The molecule has 3 aromatic rings. The van der Waals surface area contributed by atoms with Crippen molar-refractivity contribution in [2.45, 2.75) is 0 Å². The number of benzene rings is 2. The molecule has 0 aliphatic heterocycles. The van der Waals surface area contributed by atoms with Crippen molar-refractivity contribution in [3.05, 3.63) is 60.2 Å². The normalized spacial score (nSPS) is 10.2. The van der Waals surface area contributed by atoms with E-state index in [0.717, 1.165) is 5.56 Å². The van der Waals surface area contributed by atoms with E-state index in [1.807, 2.05) is 36.4 Å². The molecular weight excluding hydrogens is 254 g/mol. The molecule has 2 aromatic carbocycles. The largest absolute Gasteiger partial charge is 0.321 e. The molecule has 1 heterocycles. The van der Waals surface area contributed by atoms with Crippen LogP contribution in [0.1, 0.15) is 10.4 Å². The Morgan fingerprint density at radius 2 is 1.75 bits per heavy atom. The fourth-order valence-electron chi connectivity index (χ4n) is 1.86. The van der Waals surface area contributed by atoms with E-state index < -0.39 is 0 Å². The molecule has 3 rings (SSSR count). The number of nitrogens with one attached hydrogen (secondary N) is 2. The van der Waals surface area contributed by atoms with E-state index in [4.69, 9.17) is 0 Å². The lowest BCUT2D eigenvalue weighted by Crippen LogP contribution is -2.12. The molecule has 2 N–H and O–H groups in total. The predicted octanol–water partition coefficient (Wildman–Crippen LogP) is 2.12. The van der Waals surface area contributed by atoms with Crippen LogP contribution in [-0.4, -0.2) is 26.5 Å². The second-order valence-corrected chi connectivity index (χ2v) is 4.12. The smallest absolute Gasteiger partial charge is 0.255 e. The highest BCUT2D eigenvalue weighted by Gasteiger charge is 2.11. The van der Waals surface area contributed by atoms with E-state index in [-0.39, 0.29) is 5.91 Å². The first-order valence-electron chi connectivity index (χ1n) is 6.04. The molecule has 0 aliphatic rings. The van der Waals surface area contributed by atoms with Gasteiger partial charge in [0, 0.05) is 11.1 Å². The van der Waals surface area contributed by atoms with Crippen LogP contribution in [0.4, 0.5) is 5.69 Å². The topological polar surface area (TPSA) is 83.6 Å². The molecule has 0 saturated carbocycles. The SMILES string of the molecule is O=C(Nc1ccccc1-c1nnn[nH]1)c1ccccc1. The molecule has 6 heteroatoms. The van der Waals surface area contributed by atoms with Crippen LogP contribution in [0.5, 0.6) is 0 Å². The van der Waals surface area contributed by atoms with Gasteiger partial charge in [-0.25, -0.2) is 5.10 Å². The number of para-hydroxylation sites is 1. The van der Waals surface area contributed by atoms with Crippen LogP contribution in [0, 0.1) is 0 Å². The lowest BCUT2D eigenvalue weighted by molar-refractivity contribution is 0.102. The molecule has 0 aliphatic carbocycles. The average Bonchev–Trinajstić information content (AvgIpc) is 3.03. The maximum atomic E-state index is 12.2. The fraction of sp³-hybridized carbons (Fsp3) is 0. The Kier molecular flexibility index (Phi) is 3.20. The summed E-state index contributed by atoms with van der Waals surface area (Å²) in [5, 5.41) is 16.5. The van der Waals surface area contributed by atoms with Gasteiger partial charge in [0.05, 0.1) is 5.69 Å². The van der Waals surface area contributed by atoms with Crippen LogP contribution < -0.4 is 5.32 Å². The standard InChI is InChI=1S/C14H11N5O/c20-14(10-6-2-1-3-7-10)15-12-9-5-4-8-11(12)13-16-18-19-17-13/h1-9H,(H,15,20)(H,16,17,18,19). The number of tetrazole rings is 1. The zero-order valence-corrected chi connectivity index (χ0v) is 10.4. The van der Waals surface area contributed by atoms with Gasteiger partial charge in [-0.15, -0.1) is 5.10 Å². The van der Waals surface area contributed by atoms with Crippen molar-refractivity contribution in [3.63, 3.8) is 0 Å². The van der Waals surface area contributed by atoms with E-state index in [9.17, 15) is 4.79 Å². The van der Waals surface area contributed by atoms with E-state index in [2.05, 4.69) is 25.9 Å². The zero-order chi connectivity index (χ0) is 13.8. The Balaban J connectivity index is 1.90. The molecule has 0 fully saturated rings. The number of hydrogen-bond acceptors (Lipinski definition) is 4. The van der Waals surface area contributed by atoms with Crippen LogP contribution in [0.2, 0.25) is 0 Å². The van der Waals surface area contributed by atoms with E-state index in [0.29, 0.717) is 17.1 Å². The lowest BCUT2D eigenvalue weighted by atomic mass is 10.1. The predicted molar refractivity (Wildman–Crippen MR) is 74.0 cm³/mol. The first kappa shape index (κ1) is 12.0. The average molecular weight is 265 g/mol. The summed E-state index contributed by atoms with van der Waals surface area (Å²) in [6, 6.07) is 16.4. The van der Waals surface area contributed by atoms with Crippen LogP contribution in [-0.2, 0) is 0 Å². The second kappa shape index (κ2) is 5.31.